The highest BCUT2D eigenvalue weighted by Gasteiger charge is 2.22. The van der Waals surface area contributed by atoms with E-state index < -0.39 is 10.0 Å². The molecule has 0 amide bonds. The van der Waals surface area contributed by atoms with Gasteiger partial charge in [-0.1, -0.05) is 23.4 Å². The van der Waals surface area contributed by atoms with E-state index in [1.807, 2.05) is 0 Å². The molecule has 4 aromatic rings. The van der Waals surface area contributed by atoms with Crippen LogP contribution in [0.5, 0.6) is 11.5 Å². The third-order valence-electron chi connectivity index (χ3n) is 4.47. The van der Waals surface area contributed by atoms with Crippen LogP contribution in [0.2, 0.25) is 0 Å². The summed E-state index contributed by atoms with van der Waals surface area (Å²) >= 11 is 0. The fourth-order valence-electron chi connectivity index (χ4n) is 2.97. The van der Waals surface area contributed by atoms with Gasteiger partial charge in [-0.2, -0.15) is 4.98 Å². The molecule has 1 N–H and O–H groups in total. The number of furan rings is 1. The van der Waals surface area contributed by atoms with E-state index >= 15 is 0 Å². The minimum Gasteiger partial charge on any atom is -0.497 e. The normalized spacial score (nSPS) is 11.3. The Morgan fingerprint density at radius 1 is 1.03 bits per heavy atom. The standard InChI is InChI=1S/C21H19N3O6S/c1-27-15-9-10-19(18(13-15)28-2)31(25,26)24-16-7-4-3-6-14(16)12-20-22-21(23-30-20)17-8-5-11-29-17/h3-11,13,24H,12H2,1-2H3. The van der Waals surface area contributed by atoms with Crippen molar-refractivity contribution in [3.63, 3.8) is 0 Å². The summed E-state index contributed by atoms with van der Waals surface area (Å²) < 4.78 is 49.6. The average molecular weight is 441 g/mol. The van der Waals surface area contributed by atoms with Crippen molar-refractivity contribution < 1.29 is 26.8 Å². The van der Waals surface area contributed by atoms with E-state index in [1.165, 1.54) is 32.6 Å². The Kier molecular flexibility index (Phi) is 5.63. The first-order valence-corrected chi connectivity index (χ1v) is 10.7. The van der Waals surface area contributed by atoms with Crippen molar-refractivity contribution >= 4 is 15.7 Å². The minimum atomic E-state index is -3.94. The number of sulfonamides is 1. The molecule has 0 aliphatic carbocycles. The van der Waals surface area contributed by atoms with Crippen LogP contribution >= 0.6 is 0 Å². The van der Waals surface area contributed by atoms with Crippen molar-refractivity contribution in [1.82, 2.24) is 10.1 Å². The molecule has 4 rings (SSSR count). The average Bonchev–Trinajstić information content (AvgIpc) is 3.46. The summed E-state index contributed by atoms with van der Waals surface area (Å²) in [6.45, 7) is 0. The van der Waals surface area contributed by atoms with E-state index in [2.05, 4.69) is 14.9 Å². The number of hydrogen-bond donors (Lipinski definition) is 1. The molecule has 0 spiro atoms. The van der Waals surface area contributed by atoms with Crippen LogP contribution < -0.4 is 14.2 Å². The molecule has 0 saturated carbocycles. The van der Waals surface area contributed by atoms with Crippen LogP contribution in [0.3, 0.4) is 0 Å². The zero-order valence-corrected chi connectivity index (χ0v) is 17.5. The number of rotatable bonds is 8. The van der Waals surface area contributed by atoms with E-state index in [-0.39, 0.29) is 17.1 Å². The van der Waals surface area contributed by atoms with Crippen molar-refractivity contribution in [2.45, 2.75) is 11.3 Å². The van der Waals surface area contributed by atoms with Crippen LogP contribution in [0.15, 0.2) is 74.7 Å². The molecule has 31 heavy (non-hydrogen) atoms. The van der Waals surface area contributed by atoms with Gasteiger partial charge in [0.05, 0.1) is 32.6 Å². The number of nitrogens with one attached hydrogen (secondary N) is 1. The maximum Gasteiger partial charge on any atom is 0.265 e. The van der Waals surface area contributed by atoms with E-state index in [1.54, 1.807) is 42.5 Å². The Balaban J connectivity index is 1.60. The number of hydrogen-bond acceptors (Lipinski definition) is 8. The van der Waals surface area contributed by atoms with E-state index in [4.69, 9.17) is 18.4 Å². The SMILES string of the molecule is COc1ccc(S(=O)(=O)Nc2ccccc2Cc2nc(-c3ccco3)no2)c(OC)c1. The van der Waals surface area contributed by atoms with Gasteiger partial charge in [-0.05, 0) is 35.9 Å². The summed E-state index contributed by atoms with van der Waals surface area (Å²) in [5, 5.41) is 3.90. The summed E-state index contributed by atoms with van der Waals surface area (Å²) in [5.74, 6) is 1.78. The smallest absolute Gasteiger partial charge is 0.265 e. The van der Waals surface area contributed by atoms with Gasteiger partial charge in [0, 0.05) is 6.07 Å². The first kappa shape index (κ1) is 20.5. The molecule has 0 aliphatic rings. The first-order valence-electron chi connectivity index (χ1n) is 9.19. The zero-order valence-electron chi connectivity index (χ0n) is 16.7. The highest BCUT2D eigenvalue weighted by atomic mass is 32.2. The second kappa shape index (κ2) is 8.52. The number of nitrogens with zero attached hydrogens (tertiary/aromatic N) is 2. The lowest BCUT2D eigenvalue weighted by atomic mass is 10.1. The van der Waals surface area contributed by atoms with Crippen LogP contribution in [0.1, 0.15) is 11.5 Å². The molecule has 0 atom stereocenters. The van der Waals surface area contributed by atoms with Gasteiger partial charge in [0.1, 0.15) is 16.4 Å². The Morgan fingerprint density at radius 3 is 2.61 bits per heavy atom. The molecular formula is C21H19N3O6S. The second-order valence-corrected chi connectivity index (χ2v) is 8.10. The number of methoxy groups -OCH3 is 2. The Hall–Kier alpha value is -3.79. The van der Waals surface area contributed by atoms with Crippen molar-refractivity contribution in [1.29, 1.82) is 0 Å². The molecule has 160 valence electrons. The van der Waals surface area contributed by atoms with Crippen LogP contribution in [0, 0.1) is 0 Å². The van der Waals surface area contributed by atoms with Crippen molar-refractivity contribution in [3.05, 3.63) is 72.3 Å². The summed E-state index contributed by atoms with van der Waals surface area (Å²) in [6.07, 6.45) is 1.75. The highest BCUT2D eigenvalue weighted by Crippen LogP contribution is 2.31. The fraction of sp³-hybridized carbons (Fsp3) is 0.143. The molecule has 0 fully saturated rings. The number of anilines is 1. The van der Waals surface area contributed by atoms with Gasteiger partial charge in [0.2, 0.25) is 11.7 Å². The number of ether oxygens (including phenoxy) is 2. The molecule has 2 aromatic carbocycles. The summed E-state index contributed by atoms with van der Waals surface area (Å²) in [6, 6.07) is 14.9. The topological polar surface area (TPSA) is 117 Å². The Bertz CT molecular complexity index is 1280. The van der Waals surface area contributed by atoms with Crippen LogP contribution in [-0.4, -0.2) is 32.8 Å². The molecule has 2 aromatic heterocycles. The molecule has 0 saturated heterocycles. The molecule has 0 unspecified atom stereocenters. The van der Waals surface area contributed by atoms with Crippen molar-refractivity contribution in [3.8, 4) is 23.1 Å². The van der Waals surface area contributed by atoms with Gasteiger partial charge in [-0.3, -0.25) is 4.72 Å². The molecule has 9 nitrogen and oxygen atoms in total. The zero-order chi connectivity index (χ0) is 21.8. The van der Waals surface area contributed by atoms with Gasteiger partial charge in [-0.25, -0.2) is 8.42 Å². The van der Waals surface area contributed by atoms with Gasteiger partial charge in [0.25, 0.3) is 10.0 Å². The van der Waals surface area contributed by atoms with Gasteiger partial charge < -0.3 is 18.4 Å². The predicted octanol–water partition coefficient (Wildman–Crippen LogP) is 3.74. The first-order chi connectivity index (χ1) is 15.0. The molecule has 2 heterocycles. The summed E-state index contributed by atoms with van der Waals surface area (Å²) in [5.41, 5.74) is 1.05. The molecule has 10 heteroatoms. The molecular weight excluding hydrogens is 422 g/mol. The van der Waals surface area contributed by atoms with Gasteiger partial charge >= 0.3 is 0 Å². The quantitative estimate of drug-likeness (QED) is 0.439. The summed E-state index contributed by atoms with van der Waals surface area (Å²) in [4.78, 5) is 4.30. The van der Waals surface area contributed by atoms with Crippen LogP contribution in [0.25, 0.3) is 11.6 Å². The number of benzene rings is 2. The monoisotopic (exact) mass is 441 g/mol. The summed E-state index contributed by atoms with van der Waals surface area (Å²) in [7, 11) is -1.05. The van der Waals surface area contributed by atoms with Gasteiger partial charge in [-0.15, -0.1) is 0 Å². The fourth-order valence-corrected chi connectivity index (χ4v) is 4.22. The Morgan fingerprint density at radius 2 is 1.87 bits per heavy atom. The third-order valence-corrected chi connectivity index (χ3v) is 5.88. The lowest BCUT2D eigenvalue weighted by molar-refractivity contribution is 0.384. The Labute approximate surface area is 178 Å². The van der Waals surface area contributed by atoms with Crippen molar-refractivity contribution in [2.24, 2.45) is 0 Å². The molecule has 0 radical (unpaired) electrons. The highest BCUT2D eigenvalue weighted by molar-refractivity contribution is 7.92. The van der Waals surface area contributed by atoms with Crippen LogP contribution in [0.4, 0.5) is 5.69 Å². The molecule has 0 aliphatic heterocycles. The minimum absolute atomic E-state index is 0.0106. The largest absolute Gasteiger partial charge is 0.497 e. The van der Waals surface area contributed by atoms with E-state index in [0.29, 0.717) is 34.5 Å². The maximum atomic E-state index is 13.0. The third kappa shape index (κ3) is 4.38. The van der Waals surface area contributed by atoms with Crippen LogP contribution in [-0.2, 0) is 16.4 Å². The molecule has 0 bridgehead atoms. The lowest BCUT2D eigenvalue weighted by Gasteiger charge is -2.14. The number of aromatic nitrogens is 2. The second-order valence-electron chi connectivity index (χ2n) is 6.45. The lowest BCUT2D eigenvalue weighted by Crippen LogP contribution is -2.15. The maximum absolute atomic E-state index is 13.0. The van der Waals surface area contributed by atoms with Crippen molar-refractivity contribution in [2.75, 3.05) is 18.9 Å². The number of para-hydroxylation sites is 1. The predicted molar refractivity (Wildman–Crippen MR) is 112 cm³/mol. The van der Waals surface area contributed by atoms with Gasteiger partial charge in [0.15, 0.2) is 5.76 Å². The van der Waals surface area contributed by atoms with E-state index in [0.717, 1.165) is 0 Å². The van der Waals surface area contributed by atoms with E-state index in [9.17, 15) is 8.42 Å².